The number of nitrogens with one attached hydrogen (secondary N) is 1. The third-order valence-electron chi connectivity index (χ3n) is 2.69. The fourth-order valence-corrected chi connectivity index (χ4v) is 1.75. The van der Waals surface area contributed by atoms with Gasteiger partial charge in [-0.25, -0.2) is 0 Å². The van der Waals surface area contributed by atoms with Crippen LogP contribution in [0.25, 0.3) is 0 Å². The van der Waals surface area contributed by atoms with Crippen LogP contribution in [0.3, 0.4) is 0 Å². The monoisotopic (exact) mass is 292 g/mol. The Bertz CT molecular complexity index is 357. The molecule has 1 atom stereocenters. The molecule has 1 aromatic rings. The van der Waals surface area contributed by atoms with E-state index in [1.54, 1.807) is 6.26 Å². The molecule has 1 aliphatic rings. The molecule has 1 N–H and O–H groups in total. The molecule has 0 spiro atoms. The lowest BCUT2D eigenvalue weighted by Crippen LogP contribution is -2.39. The molecular weight excluding hydrogens is 275 g/mol. The van der Waals surface area contributed by atoms with Crippen LogP contribution in [0.15, 0.2) is 22.9 Å². The number of hydrogen-bond donors (Lipinski definition) is 1. The fourth-order valence-electron chi connectivity index (χ4n) is 1.29. The maximum atomic E-state index is 5.67. The Morgan fingerprint density at radius 2 is 2.17 bits per heavy atom. The number of hydroxylamine groups is 1. The summed E-state index contributed by atoms with van der Waals surface area (Å²) in [7, 11) is 0. The van der Waals surface area contributed by atoms with Crippen LogP contribution in [-0.4, -0.2) is 16.6 Å². The van der Waals surface area contributed by atoms with Gasteiger partial charge in [0.05, 0.1) is 17.1 Å². The van der Waals surface area contributed by atoms with Crippen LogP contribution in [0.5, 0.6) is 0 Å². The van der Waals surface area contributed by atoms with Crippen molar-refractivity contribution in [2.24, 2.45) is 0 Å². The smallest absolute Gasteiger partial charge is 0.151 e. The van der Waals surface area contributed by atoms with Crippen LogP contribution in [0.4, 0.5) is 0 Å². The quantitative estimate of drug-likeness (QED) is 0.864. The number of alkyl halides is 2. The van der Waals surface area contributed by atoms with Crippen molar-refractivity contribution in [3.05, 3.63) is 29.9 Å². The minimum Gasteiger partial charge on any atom is -0.416 e. The molecular formula is C12H18Cl2N2O2. The second-order valence-corrected chi connectivity index (χ2v) is 4.47. The SMILES string of the molecule is CCC1(CCl)C=CON1.CCc1cc(CCl)on1. The van der Waals surface area contributed by atoms with E-state index < -0.39 is 0 Å². The van der Waals surface area contributed by atoms with Gasteiger partial charge in [0.2, 0.25) is 0 Å². The van der Waals surface area contributed by atoms with Crippen molar-refractivity contribution < 1.29 is 9.36 Å². The van der Waals surface area contributed by atoms with Crippen molar-refractivity contribution in [1.29, 1.82) is 0 Å². The van der Waals surface area contributed by atoms with Gasteiger partial charge in [-0.15, -0.1) is 28.7 Å². The van der Waals surface area contributed by atoms with Gasteiger partial charge < -0.3 is 9.36 Å². The molecule has 0 aromatic carbocycles. The first kappa shape index (κ1) is 15.3. The fraction of sp³-hybridized carbons (Fsp3) is 0.583. The second-order valence-electron chi connectivity index (χ2n) is 3.94. The Balaban J connectivity index is 0.000000180. The number of rotatable bonds is 4. The zero-order valence-corrected chi connectivity index (χ0v) is 12.1. The van der Waals surface area contributed by atoms with E-state index in [2.05, 4.69) is 17.6 Å². The van der Waals surface area contributed by atoms with Crippen LogP contribution < -0.4 is 5.48 Å². The van der Waals surface area contributed by atoms with Crippen LogP contribution >= 0.6 is 23.2 Å². The summed E-state index contributed by atoms with van der Waals surface area (Å²) < 4.78 is 4.82. The highest BCUT2D eigenvalue weighted by Gasteiger charge is 2.27. The zero-order valence-electron chi connectivity index (χ0n) is 10.6. The number of halogens is 2. The highest BCUT2D eigenvalue weighted by Crippen LogP contribution is 2.18. The largest absolute Gasteiger partial charge is 0.416 e. The molecule has 0 radical (unpaired) electrons. The molecule has 0 bridgehead atoms. The van der Waals surface area contributed by atoms with Gasteiger partial charge in [-0.3, -0.25) is 0 Å². The van der Waals surface area contributed by atoms with Gasteiger partial charge in [0.1, 0.15) is 6.26 Å². The minimum atomic E-state index is -0.110. The lowest BCUT2D eigenvalue weighted by Gasteiger charge is -2.20. The standard InChI is InChI=1S/C6H8ClNO.C6H10ClNO/c1-2-5-3-6(4-7)9-8-5;1-2-6(5-7)3-4-9-8-6/h3H,2,4H2,1H3;3-4,8H,2,5H2,1H3. The molecule has 0 saturated carbocycles. The predicted molar refractivity (Wildman–Crippen MR) is 72.5 cm³/mol. The topological polar surface area (TPSA) is 47.3 Å². The summed E-state index contributed by atoms with van der Waals surface area (Å²) in [6.45, 7) is 4.09. The Morgan fingerprint density at radius 1 is 1.39 bits per heavy atom. The first-order chi connectivity index (χ1) is 8.69. The Labute approximate surface area is 117 Å². The molecule has 1 unspecified atom stereocenters. The predicted octanol–water partition coefficient (Wildman–Crippen LogP) is 3.40. The third-order valence-corrected chi connectivity index (χ3v) is 3.43. The molecule has 18 heavy (non-hydrogen) atoms. The summed E-state index contributed by atoms with van der Waals surface area (Å²) in [4.78, 5) is 4.83. The van der Waals surface area contributed by atoms with Gasteiger partial charge in [0, 0.05) is 11.9 Å². The van der Waals surface area contributed by atoms with Crippen LogP contribution in [0, 0.1) is 0 Å². The summed E-state index contributed by atoms with van der Waals surface area (Å²) >= 11 is 11.1. The molecule has 0 aliphatic carbocycles. The average Bonchev–Trinajstić information content (AvgIpc) is 3.08. The zero-order chi connectivity index (χ0) is 13.4. The normalized spacial score (nSPS) is 21.3. The molecule has 6 heteroatoms. The number of aromatic nitrogens is 1. The highest BCUT2D eigenvalue weighted by molar-refractivity contribution is 6.18. The maximum Gasteiger partial charge on any atom is 0.151 e. The van der Waals surface area contributed by atoms with E-state index in [1.807, 2.05) is 19.1 Å². The van der Waals surface area contributed by atoms with Gasteiger partial charge in [0.25, 0.3) is 0 Å². The van der Waals surface area contributed by atoms with Crippen LogP contribution in [0.1, 0.15) is 31.7 Å². The Kier molecular flexibility index (Phi) is 6.54. The van der Waals surface area contributed by atoms with Crippen molar-refractivity contribution in [2.45, 2.75) is 38.1 Å². The lowest BCUT2D eigenvalue weighted by molar-refractivity contribution is 0.105. The highest BCUT2D eigenvalue weighted by atomic mass is 35.5. The minimum absolute atomic E-state index is 0.110. The Hall–Kier alpha value is -0.710. The van der Waals surface area contributed by atoms with Crippen molar-refractivity contribution in [3.63, 3.8) is 0 Å². The molecule has 2 heterocycles. The van der Waals surface area contributed by atoms with E-state index in [1.165, 1.54) is 0 Å². The first-order valence-corrected chi connectivity index (χ1v) is 6.93. The van der Waals surface area contributed by atoms with E-state index in [0.29, 0.717) is 11.8 Å². The van der Waals surface area contributed by atoms with Gasteiger partial charge in [-0.2, -0.15) is 0 Å². The summed E-state index contributed by atoms with van der Waals surface area (Å²) in [5.41, 5.74) is 3.68. The summed E-state index contributed by atoms with van der Waals surface area (Å²) in [5, 5.41) is 3.75. The van der Waals surface area contributed by atoms with E-state index in [-0.39, 0.29) is 5.54 Å². The van der Waals surface area contributed by atoms with Gasteiger partial charge in [-0.05, 0) is 18.9 Å². The van der Waals surface area contributed by atoms with Crippen molar-refractivity contribution in [1.82, 2.24) is 10.6 Å². The molecule has 0 amide bonds. The van der Waals surface area contributed by atoms with Gasteiger partial charge in [0.15, 0.2) is 5.76 Å². The lowest BCUT2D eigenvalue weighted by atomic mass is 10.0. The van der Waals surface area contributed by atoms with Crippen molar-refractivity contribution >= 4 is 23.2 Å². The van der Waals surface area contributed by atoms with Crippen LogP contribution in [-0.2, 0) is 17.1 Å². The summed E-state index contributed by atoms with van der Waals surface area (Å²) in [6, 6.07) is 1.87. The molecule has 2 rings (SSSR count). The molecule has 1 aliphatic heterocycles. The first-order valence-electron chi connectivity index (χ1n) is 5.86. The van der Waals surface area contributed by atoms with E-state index in [4.69, 9.17) is 32.6 Å². The van der Waals surface area contributed by atoms with Crippen molar-refractivity contribution in [2.75, 3.05) is 5.88 Å². The van der Waals surface area contributed by atoms with E-state index >= 15 is 0 Å². The number of nitrogens with zero attached hydrogens (tertiary/aromatic N) is 1. The van der Waals surface area contributed by atoms with Crippen LogP contribution in [0.2, 0.25) is 0 Å². The Morgan fingerprint density at radius 3 is 2.44 bits per heavy atom. The summed E-state index contributed by atoms with van der Waals surface area (Å²) in [6.07, 6.45) is 5.43. The molecule has 102 valence electrons. The number of hydrogen-bond acceptors (Lipinski definition) is 4. The maximum absolute atomic E-state index is 5.67. The van der Waals surface area contributed by atoms with E-state index in [9.17, 15) is 0 Å². The third kappa shape index (κ3) is 4.19. The number of aryl methyl sites for hydroxylation is 1. The molecule has 4 nitrogen and oxygen atoms in total. The second kappa shape index (κ2) is 7.67. The van der Waals surface area contributed by atoms with Gasteiger partial charge in [-0.1, -0.05) is 19.0 Å². The molecule has 0 saturated heterocycles. The van der Waals surface area contributed by atoms with Gasteiger partial charge >= 0.3 is 0 Å². The van der Waals surface area contributed by atoms with E-state index in [0.717, 1.165) is 24.3 Å². The average molecular weight is 293 g/mol. The summed E-state index contributed by atoms with van der Waals surface area (Å²) in [5.74, 6) is 1.71. The molecule has 0 fully saturated rings. The molecule has 1 aromatic heterocycles. The van der Waals surface area contributed by atoms with Crippen molar-refractivity contribution in [3.8, 4) is 0 Å².